The predicted octanol–water partition coefficient (Wildman–Crippen LogP) is 4.43. The Morgan fingerprint density at radius 2 is 2.28 bits per heavy atom. The summed E-state index contributed by atoms with van der Waals surface area (Å²) >= 11 is 1.84. The van der Waals surface area contributed by atoms with Gasteiger partial charge in [0.15, 0.2) is 0 Å². The highest BCUT2D eigenvalue weighted by molar-refractivity contribution is 7.09. The molecule has 0 spiro atoms. The largest absolute Gasteiger partial charge is 0.357 e. The van der Waals surface area contributed by atoms with E-state index < -0.39 is 0 Å². The standard InChI is InChI=1S/C20H24FN3S/c1-14-18-10-15(21)6-7-19(18)23-20(14)11-22-16-4-2-8-24(12-16)13-17-5-3-9-25-17/h3,5-7,9-10,16,22-23H,2,4,8,11-13H2,1H3. The zero-order valence-corrected chi connectivity index (χ0v) is 15.3. The molecule has 132 valence electrons. The summed E-state index contributed by atoms with van der Waals surface area (Å²) in [7, 11) is 0. The van der Waals surface area contributed by atoms with Gasteiger partial charge in [-0.15, -0.1) is 11.3 Å². The van der Waals surface area contributed by atoms with Crippen molar-refractivity contribution in [2.75, 3.05) is 13.1 Å². The highest BCUT2D eigenvalue weighted by Gasteiger charge is 2.20. The Kier molecular flexibility index (Phi) is 4.88. The van der Waals surface area contributed by atoms with Crippen LogP contribution in [0.5, 0.6) is 0 Å². The van der Waals surface area contributed by atoms with E-state index in [-0.39, 0.29) is 5.82 Å². The zero-order valence-electron chi connectivity index (χ0n) is 14.5. The lowest BCUT2D eigenvalue weighted by atomic mass is 10.1. The summed E-state index contributed by atoms with van der Waals surface area (Å²) in [5, 5.41) is 6.84. The van der Waals surface area contributed by atoms with Crippen molar-refractivity contribution >= 4 is 22.2 Å². The molecule has 0 saturated carbocycles. The number of likely N-dealkylation sites (tertiary alicyclic amines) is 1. The topological polar surface area (TPSA) is 31.1 Å². The van der Waals surface area contributed by atoms with Gasteiger partial charge in [-0.2, -0.15) is 0 Å². The Morgan fingerprint density at radius 1 is 1.36 bits per heavy atom. The maximum atomic E-state index is 13.5. The predicted molar refractivity (Wildman–Crippen MR) is 102 cm³/mol. The van der Waals surface area contributed by atoms with Crippen molar-refractivity contribution in [1.29, 1.82) is 0 Å². The van der Waals surface area contributed by atoms with E-state index in [4.69, 9.17) is 0 Å². The molecule has 3 nitrogen and oxygen atoms in total. The lowest BCUT2D eigenvalue weighted by Crippen LogP contribution is -2.45. The third kappa shape index (κ3) is 3.78. The molecular weight excluding hydrogens is 333 g/mol. The van der Waals surface area contributed by atoms with Crippen LogP contribution in [0.25, 0.3) is 10.9 Å². The van der Waals surface area contributed by atoms with Crippen molar-refractivity contribution in [2.24, 2.45) is 0 Å². The number of hydrogen-bond donors (Lipinski definition) is 2. The van der Waals surface area contributed by atoms with Crippen molar-refractivity contribution in [3.8, 4) is 0 Å². The molecule has 3 aromatic rings. The van der Waals surface area contributed by atoms with Gasteiger partial charge in [-0.25, -0.2) is 4.39 Å². The molecule has 1 fully saturated rings. The van der Waals surface area contributed by atoms with Gasteiger partial charge in [0.2, 0.25) is 0 Å². The molecule has 1 atom stereocenters. The van der Waals surface area contributed by atoms with Gasteiger partial charge >= 0.3 is 0 Å². The number of aromatic amines is 1. The molecule has 0 amide bonds. The first kappa shape index (κ1) is 16.8. The molecule has 25 heavy (non-hydrogen) atoms. The average Bonchev–Trinajstić information content (AvgIpc) is 3.22. The van der Waals surface area contributed by atoms with Gasteiger partial charge in [-0.05, 0) is 61.5 Å². The summed E-state index contributed by atoms with van der Waals surface area (Å²) in [6, 6.07) is 9.81. The number of nitrogens with zero attached hydrogens (tertiary/aromatic N) is 1. The fraction of sp³-hybridized carbons (Fsp3) is 0.400. The van der Waals surface area contributed by atoms with Crippen molar-refractivity contribution in [1.82, 2.24) is 15.2 Å². The second-order valence-corrected chi connectivity index (χ2v) is 7.99. The van der Waals surface area contributed by atoms with Crippen LogP contribution >= 0.6 is 11.3 Å². The van der Waals surface area contributed by atoms with E-state index in [0.29, 0.717) is 6.04 Å². The van der Waals surface area contributed by atoms with E-state index in [1.165, 1.54) is 30.3 Å². The van der Waals surface area contributed by atoms with Gasteiger partial charge in [-0.3, -0.25) is 4.90 Å². The zero-order chi connectivity index (χ0) is 17.2. The van der Waals surface area contributed by atoms with Crippen molar-refractivity contribution in [3.05, 3.63) is 57.7 Å². The number of fused-ring (bicyclic) bond motifs is 1. The van der Waals surface area contributed by atoms with E-state index in [2.05, 4.69) is 39.6 Å². The van der Waals surface area contributed by atoms with Crippen LogP contribution < -0.4 is 5.32 Å². The Hall–Kier alpha value is -1.69. The molecular formula is C20H24FN3S. The number of thiophene rings is 1. The molecule has 3 heterocycles. The summed E-state index contributed by atoms with van der Waals surface area (Å²) in [5.41, 5.74) is 3.32. The number of rotatable bonds is 5. The molecule has 1 aliphatic rings. The number of H-pyrrole nitrogens is 1. The Bertz CT molecular complexity index is 840. The first-order chi connectivity index (χ1) is 12.2. The smallest absolute Gasteiger partial charge is 0.123 e. The monoisotopic (exact) mass is 357 g/mol. The van der Waals surface area contributed by atoms with E-state index in [1.807, 2.05) is 17.4 Å². The summed E-state index contributed by atoms with van der Waals surface area (Å²) in [6.07, 6.45) is 2.45. The van der Waals surface area contributed by atoms with E-state index >= 15 is 0 Å². The van der Waals surface area contributed by atoms with E-state index in [9.17, 15) is 4.39 Å². The molecule has 4 rings (SSSR count). The third-order valence-electron chi connectivity index (χ3n) is 5.16. The number of benzene rings is 1. The van der Waals surface area contributed by atoms with Crippen LogP contribution in [0.2, 0.25) is 0 Å². The molecule has 1 aromatic carbocycles. The lowest BCUT2D eigenvalue weighted by molar-refractivity contribution is 0.184. The first-order valence-electron chi connectivity index (χ1n) is 8.94. The molecule has 0 aliphatic carbocycles. The van der Waals surface area contributed by atoms with E-state index in [1.54, 1.807) is 6.07 Å². The molecule has 2 aromatic heterocycles. The van der Waals surface area contributed by atoms with Crippen LogP contribution in [-0.2, 0) is 13.1 Å². The highest BCUT2D eigenvalue weighted by atomic mass is 32.1. The number of aryl methyl sites for hydroxylation is 1. The quantitative estimate of drug-likeness (QED) is 0.708. The Labute approximate surface area is 151 Å². The number of piperidine rings is 1. The van der Waals surface area contributed by atoms with Gasteiger partial charge in [0.05, 0.1) is 0 Å². The first-order valence-corrected chi connectivity index (χ1v) is 9.82. The molecule has 1 unspecified atom stereocenters. The van der Waals surface area contributed by atoms with E-state index in [0.717, 1.165) is 41.8 Å². The lowest BCUT2D eigenvalue weighted by Gasteiger charge is -2.33. The van der Waals surface area contributed by atoms with Crippen molar-refractivity contribution in [3.63, 3.8) is 0 Å². The van der Waals surface area contributed by atoms with Gasteiger partial charge in [0.1, 0.15) is 5.82 Å². The average molecular weight is 357 g/mol. The Balaban J connectivity index is 1.38. The third-order valence-corrected chi connectivity index (χ3v) is 6.02. The maximum absolute atomic E-state index is 13.5. The van der Waals surface area contributed by atoms with Gasteiger partial charge in [0.25, 0.3) is 0 Å². The van der Waals surface area contributed by atoms with Gasteiger partial charge in [-0.1, -0.05) is 6.07 Å². The van der Waals surface area contributed by atoms with Crippen LogP contribution in [0.3, 0.4) is 0 Å². The summed E-state index contributed by atoms with van der Waals surface area (Å²) < 4.78 is 13.5. The molecule has 2 N–H and O–H groups in total. The summed E-state index contributed by atoms with van der Waals surface area (Å²) in [6.45, 7) is 6.20. The number of hydrogen-bond acceptors (Lipinski definition) is 3. The van der Waals surface area contributed by atoms with Crippen LogP contribution in [0.4, 0.5) is 4.39 Å². The van der Waals surface area contributed by atoms with Crippen LogP contribution in [-0.4, -0.2) is 29.0 Å². The van der Waals surface area contributed by atoms with Crippen molar-refractivity contribution < 1.29 is 4.39 Å². The second-order valence-electron chi connectivity index (χ2n) is 6.95. The summed E-state index contributed by atoms with van der Waals surface area (Å²) in [4.78, 5) is 7.42. The number of aromatic nitrogens is 1. The number of halogens is 1. The second kappa shape index (κ2) is 7.28. The maximum Gasteiger partial charge on any atom is 0.123 e. The highest BCUT2D eigenvalue weighted by Crippen LogP contribution is 2.23. The minimum Gasteiger partial charge on any atom is -0.357 e. The minimum atomic E-state index is -0.175. The van der Waals surface area contributed by atoms with Crippen LogP contribution in [0, 0.1) is 12.7 Å². The van der Waals surface area contributed by atoms with Crippen molar-refractivity contribution in [2.45, 2.75) is 38.9 Å². The molecule has 1 saturated heterocycles. The molecule has 1 aliphatic heterocycles. The fourth-order valence-electron chi connectivity index (χ4n) is 3.77. The molecule has 5 heteroatoms. The summed E-state index contributed by atoms with van der Waals surface area (Å²) in [5.74, 6) is -0.175. The normalized spacial score (nSPS) is 18.9. The number of nitrogens with one attached hydrogen (secondary N) is 2. The SMILES string of the molecule is Cc1c(CNC2CCCN(Cc3cccs3)C2)[nH]c2ccc(F)cc12. The minimum absolute atomic E-state index is 0.175. The van der Waals surface area contributed by atoms with Gasteiger partial charge in [0, 0.05) is 47.2 Å². The van der Waals surface area contributed by atoms with Gasteiger partial charge < -0.3 is 10.3 Å². The fourth-order valence-corrected chi connectivity index (χ4v) is 4.51. The molecule has 0 bridgehead atoms. The molecule has 0 radical (unpaired) electrons. The van der Waals surface area contributed by atoms with Crippen LogP contribution in [0.15, 0.2) is 35.7 Å². The Morgan fingerprint density at radius 3 is 3.12 bits per heavy atom. The van der Waals surface area contributed by atoms with Crippen LogP contribution in [0.1, 0.15) is 29.0 Å².